The molecule has 2 rings (SSSR count). The predicted molar refractivity (Wildman–Crippen MR) is 50.5 cm³/mol. The molecule has 0 aliphatic carbocycles. The summed E-state index contributed by atoms with van der Waals surface area (Å²) in [6, 6.07) is 4.12. The van der Waals surface area contributed by atoms with E-state index in [0.717, 1.165) is 12.1 Å². The Kier molecular flexibility index (Phi) is 2.51. The van der Waals surface area contributed by atoms with E-state index in [9.17, 15) is 4.79 Å². The lowest BCUT2D eigenvalue weighted by molar-refractivity contribution is -0.137. The Bertz CT molecular complexity index is 310. The van der Waals surface area contributed by atoms with Crippen molar-refractivity contribution in [3.63, 3.8) is 0 Å². The van der Waals surface area contributed by atoms with Gasteiger partial charge in [-0.2, -0.15) is 0 Å². The highest BCUT2D eigenvalue weighted by atomic mass is 16.4. The van der Waals surface area contributed by atoms with Gasteiger partial charge in [-0.3, -0.25) is 10.2 Å². The topological polar surface area (TPSA) is 77.1 Å². The van der Waals surface area contributed by atoms with E-state index in [4.69, 9.17) is 5.11 Å². The molecule has 14 heavy (non-hydrogen) atoms. The summed E-state index contributed by atoms with van der Waals surface area (Å²) in [6.07, 6.45) is 2.82. The van der Waals surface area contributed by atoms with Crippen LogP contribution >= 0.6 is 0 Å². The summed E-state index contributed by atoms with van der Waals surface area (Å²) in [5.41, 5.74) is 7.13. The molecule has 0 saturated carbocycles. The third-order valence-electron chi connectivity index (χ3n) is 2.40. The summed E-state index contributed by atoms with van der Waals surface area (Å²) in [5, 5.41) is 8.62. The molecular weight excluding hydrogens is 182 g/mol. The van der Waals surface area contributed by atoms with Crippen molar-refractivity contribution in [1.82, 2.24) is 15.8 Å². The first kappa shape index (κ1) is 9.23. The van der Waals surface area contributed by atoms with Crippen LogP contribution in [-0.2, 0) is 4.79 Å². The molecule has 1 fully saturated rings. The molecule has 2 unspecified atom stereocenters. The molecule has 4 N–H and O–H groups in total. The first-order chi connectivity index (χ1) is 6.75. The van der Waals surface area contributed by atoms with Gasteiger partial charge >= 0.3 is 5.97 Å². The lowest BCUT2D eigenvalue weighted by Crippen LogP contribution is -2.32. The molecule has 5 heteroatoms. The number of hydrogen-bond acceptors (Lipinski definition) is 3. The van der Waals surface area contributed by atoms with Gasteiger partial charge in [-0.1, -0.05) is 0 Å². The monoisotopic (exact) mass is 195 g/mol. The fourth-order valence-corrected chi connectivity index (χ4v) is 1.73. The van der Waals surface area contributed by atoms with Gasteiger partial charge in [0.1, 0.15) is 0 Å². The first-order valence-electron chi connectivity index (χ1n) is 4.62. The van der Waals surface area contributed by atoms with Gasteiger partial charge in [-0.25, -0.2) is 5.43 Å². The summed E-state index contributed by atoms with van der Waals surface area (Å²) in [5.74, 6) is -0.767. The van der Waals surface area contributed by atoms with Crippen LogP contribution in [0.5, 0.6) is 0 Å². The van der Waals surface area contributed by atoms with E-state index in [-0.39, 0.29) is 18.5 Å². The molecule has 0 radical (unpaired) electrons. The summed E-state index contributed by atoms with van der Waals surface area (Å²) in [6.45, 7) is 0. The lowest BCUT2D eigenvalue weighted by atomic mass is 10.1. The molecule has 0 amide bonds. The van der Waals surface area contributed by atoms with E-state index >= 15 is 0 Å². The quantitative estimate of drug-likeness (QED) is 0.563. The van der Waals surface area contributed by atoms with Gasteiger partial charge in [0.25, 0.3) is 0 Å². The molecule has 1 aromatic heterocycles. The van der Waals surface area contributed by atoms with Crippen LogP contribution < -0.4 is 10.9 Å². The van der Waals surface area contributed by atoms with Crippen molar-refractivity contribution >= 4 is 5.97 Å². The van der Waals surface area contributed by atoms with Crippen LogP contribution in [0.15, 0.2) is 18.3 Å². The van der Waals surface area contributed by atoms with E-state index in [2.05, 4.69) is 15.8 Å². The first-order valence-corrected chi connectivity index (χ1v) is 4.62. The molecule has 1 saturated heterocycles. The Morgan fingerprint density at radius 2 is 2.43 bits per heavy atom. The molecule has 0 spiro atoms. The number of H-pyrrole nitrogens is 1. The summed E-state index contributed by atoms with van der Waals surface area (Å²) >= 11 is 0. The highest BCUT2D eigenvalue weighted by Crippen LogP contribution is 2.21. The maximum atomic E-state index is 10.5. The number of aliphatic carboxylic acids is 1. The smallest absolute Gasteiger partial charge is 0.304 e. The molecular formula is C9H13N3O2. The predicted octanol–water partition coefficient (Wildman–Crippen LogP) is 0.397. The number of carboxylic acid groups (broad SMARTS) is 1. The number of aromatic nitrogens is 1. The number of hydrazine groups is 1. The van der Waals surface area contributed by atoms with Crippen molar-refractivity contribution in [3.05, 3.63) is 24.0 Å². The van der Waals surface area contributed by atoms with Crippen molar-refractivity contribution in [3.8, 4) is 0 Å². The molecule has 2 atom stereocenters. The van der Waals surface area contributed by atoms with Crippen LogP contribution in [0.4, 0.5) is 0 Å². The second kappa shape index (κ2) is 3.81. The van der Waals surface area contributed by atoms with Crippen molar-refractivity contribution in [2.75, 3.05) is 0 Å². The van der Waals surface area contributed by atoms with Crippen LogP contribution in [-0.4, -0.2) is 22.1 Å². The standard InChI is InChI=1S/C9H13N3O2/c13-9(14)5-6-4-8(12-11-6)7-2-1-3-10-7/h1-3,6,8,10-12H,4-5H2,(H,13,14). The van der Waals surface area contributed by atoms with Gasteiger partial charge < -0.3 is 10.1 Å². The van der Waals surface area contributed by atoms with Gasteiger partial charge in [-0.15, -0.1) is 0 Å². The minimum Gasteiger partial charge on any atom is -0.481 e. The van der Waals surface area contributed by atoms with E-state index in [0.29, 0.717) is 0 Å². The van der Waals surface area contributed by atoms with Crippen molar-refractivity contribution in [2.24, 2.45) is 0 Å². The van der Waals surface area contributed by atoms with Gasteiger partial charge in [0.05, 0.1) is 12.5 Å². The Hall–Kier alpha value is -1.33. The zero-order chi connectivity index (χ0) is 9.97. The van der Waals surface area contributed by atoms with Gasteiger partial charge in [-0.05, 0) is 18.6 Å². The number of carbonyl (C=O) groups is 1. The highest BCUT2D eigenvalue weighted by molar-refractivity contribution is 5.67. The van der Waals surface area contributed by atoms with E-state index in [1.807, 2.05) is 18.3 Å². The number of rotatable bonds is 3. The minimum absolute atomic E-state index is 0.0146. The Morgan fingerprint density at radius 1 is 1.57 bits per heavy atom. The molecule has 2 heterocycles. The largest absolute Gasteiger partial charge is 0.481 e. The summed E-state index contributed by atoms with van der Waals surface area (Å²) in [4.78, 5) is 13.6. The maximum Gasteiger partial charge on any atom is 0.304 e. The van der Waals surface area contributed by atoms with Crippen molar-refractivity contribution in [1.29, 1.82) is 0 Å². The summed E-state index contributed by atoms with van der Waals surface area (Å²) < 4.78 is 0. The van der Waals surface area contributed by atoms with Gasteiger partial charge in [0.2, 0.25) is 0 Å². The van der Waals surface area contributed by atoms with Crippen LogP contribution in [0.2, 0.25) is 0 Å². The SMILES string of the molecule is O=C(O)CC1CC(c2ccc[nH]2)NN1. The van der Waals surface area contributed by atoms with Crippen LogP contribution in [0.25, 0.3) is 0 Å². The molecule has 1 aliphatic rings. The Morgan fingerprint density at radius 3 is 3.07 bits per heavy atom. The zero-order valence-electron chi connectivity index (χ0n) is 7.66. The Labute approximate surface area is 81.5 Å². The normalized spacial score (nSPS) is 26.6. The fourth-order valence-electron chi connectivity index (χ4n) is 1.73. The second-order valence-corrected chi connectivity index (χ2v) is 3.50. The van der Waals surface area contributed by atoms with Crippen LogP contribution in [0, 0.1) is 0 Å². The second-order valence-electron chi connectivity index (χ2n) is 3.50. The number of nitrogens with one attached hydrogen (secondary N) is 3. The molecule has 76 valence electrons. The van der Waals surface area contributed by atoms with Crippen molar-refractivity contribution in [2.45, 2.75) is 24.9 Å². The summed E-state index contributed by atoms with van der Waals surface area (Å²) in [7, 11) is 0. The number of carboxylic acids is 1. The molecule has 0 bridgehead atoms. The third kappa shape index (κ3) is 1.94. The molecule has 5 nitrogen and oxygen atoms in total. The minimum atomic E-state index is -0.767. The average Bonchev–Trinajstić information content (AvgIpc) is 2.69. The number of aromatic amines is 1. The van der Waals surface area contributed by atoms with Crippen LogP contribution in [0.3, 0.4) is 0 Å². The highest BCUT2D eigenvalue weighted by Gasteiger charge is 2.26. The van der Waals surface area contributed by atoms with Crippen LogP contribution in [0.1, 0.15) is 24.6 Å². The number of hydrogen-bond donors (Lipinski definition) is 4. The fraction of sp³-hybridized carbons (Fsp3) is 0.444. The molecule has 1 aliphatic heterocycles. The van der Waals surface area contributed by atoms with E-state index in [1.165, 1.54) is 0 Å². The van der Waals surface area contributed by atoms with Crippen molar-refractivity contribution < 1.29 is 9.90 Å². The third-order valence-corrected chi connectivity index (χ3v) is 2.40. The maximum absolute atomic E-state index is 10.5. The van der Waals surface area contributed by atoms with E-state index < -0.39 is 5.97 Å². The Balaban J connectivity index is 1.92. The molecule has 1 aromatic rings. The molecule has 0 aromatic carbocycles. The average molecular weight is 195 g/mol. The van der Waals surface area contributed by atoms with Gasteiger partial charge in [0.15, 0.2) is 0 Å². The van der Waals surface area contributed by atoms with E-state index in [1.54, 1.807) is 0 Å². The zero-order valence-corrected chi connectivity index (χ0v) is 7.66. The van der Waals surface area contributed by atoms with Gasteiger partial charge in [0, 0.05) is 17.9 Å². The lowest BCUT2D eigenvalue weighted by Gasteiger charge is -2.05.